The number of hydrogen-bond donors (Lipinski definition) is 1. The quantitative estimate of drug-likeness (QED) is 0.661. The first kappa shape index (κ1) is 15.5. The molecule has 4 nitrogen and oxygen atoms in total. The molecule has 0 fully saturated rings. The smallest absolute Gasteiger partial charge is 0.341 e. The monoisotopic (exact) mass is 359 g/mol. The van der Waals surface area contributed by atoms with Gasteiger partial charge in [-0.25, -0.2) is 13.6 Å². The van der Waals surface area contributed by atoms with Crippen LogP contribution in [0.1, 0.15) is 21.9 Å². The molecule has 1 aromatic heterocycles. The summed E-state index contributed by atoms with van der Waals surface area (Å²) in [6.07, 6.45) is 0. The Kier molecular flexibility index (Phi) is 4.62. The second-order valence-electron chi connectivity index (χ2n) is 4.27. The molecule has 0 saturated heterocycles. The summed E-state index contributed by atoms with van der Waals surface area (Å²) < 4.78 is 37.0. The van der Waals surface area contributed by atoms with Crippen molar-refractivity contribution in [2.24, 2.45) is 0 Å². The predicted molar refractivity (Wildman–Crippen MR) is 76.2 cm³/mol. The first-order valence-corrected chi connectivity index (χ1v) is 6.77. The highest BCUT2D eigenvalue weighted by molar-refractivity contribution is 9.10. The lowest BCUT2D eigenvalue weighted by molar-refractivity contribution is 0.0599. The molecule has 1 aromatic carbocycles. The molecule has 0 spiro atoms. The van der Waals surface area contributed by atoms with Crippen molar-refractivity contribution >= 4 is 27.6 Å². The largest absolute Gasteiger partial charge is 0.465 e. The fourth-order valence-corrected chi connectivity index (χ4v) is 2.10. The van der Waals surface area contributed by atoms with Crippen molar-refractivity contribution in [3.8, 4) is 0 Å². The Morgan fingerprint density at radius 1 is 1.33 bits per heavy atom. The Balaban J connectivity index is 2.14. The first-order valence-electron chi connectivity index (χ1n) is 5.98. The van der Waals surface area contributed by atoms with Gasteiger partial charge in [0.2, 0.25) is 0 Å². The van der Waals surface area contributed by atoms with E-state index in [2.05, 4.69) is 26.0 Å². The molecule has 7 heteroatoms. The zero-order chi connectivity index (χ0) is 15.6. The summed E-state index contributed by atoms with van der Waals surface area (Å²) in [7, 11) is 1.27. The van der Waals surface area contributed by atoms with Crippen LogP contribution in [0.3, 0.4) is 0 Å². The highest BCUT2D eigenvalue weighted by Gasteiger charge is 2.15. The maximum absolute atomic E-state index is 13.6. The number of carbonyl (C=O) groups is 1. The second kappa shape index (κ2) is 6.26. The summed E-state index contributed by atoms with van der Waals surface area (Å²) >= 11 is 2.90. The molecule has 0 amide bonds. The lowest BCUT2D eigenvalue weighted by Crippen LogP contribution is -2.02. The number of carbonyl (C=O) groups excluding carboxylic acids is 1. The van der Waals surface area contributed by atoms with Gasteiger partial charge in [0.1, 0.15) is 28.7 Å². The van der Waals surface area contributed by atoms with Gasteiger partial charge in [-0.15, -0.1) is 0 Å². The third-order valence-electron chi connectivity index (χ3n) is 2.84. The van der Waals surface area contributed by atoms with E-state index in [0.717, 1.165) is 12.1 Å². The molecule has 0 radical (unpaired) electrons. The Morgan fingerprint density at radius 3 is 2.71 bits per heavy atom. The van der Waals surface area contributed by atoms with Crippen LogP contribution in [0.25, 0.3) is 0 Å². The average molecular weight is 360 g/mol. The first-order chi connectivity index (χ1) is 9.92. The number of methoxy groups -OCH3 is 1. The van der Waals surface area contributed by atoms with Crippen molar-refractivity contribution in [1.82, 2.24) is 0 Å². The maximum Gasteiger partial charge on any atom is 0.341 e. The standard InChI is InChI=1S/C14H12BrF2NO3/c1-7-9(14(19)20-2)3-8(21-7)6-18-13-5-11(16)10(15)4-12(13)17/h3-5,18H,6H2,1-2H3. The lowest BCUT2D eigenvalue weighted by Gasteiger charge is -2.06. The van der Waals surface area contributed by atoms with Crippen LogP contribution in [0.4, 0.5) is 14.5 Å². The summed E-state index contributed by atoms with van der Waals surface area (Å²) in [5.74, 6) is -0.871. The Hall–Kier alpha value is -1.89. The minimum atomic E-state index is -0.597. The van der Waals surface area contributed by atoms with Gasteiger partial charge < -0.3 is 14.5 Å². The van der Waals surface area contributed by atoms with E-state index < -0.39 is 17.6 Å². The van der Waals surface area contributed by atoms with E-state index in [0.29, 0.717) is 17.1 Å². The number of ether oxygens (including phenoxy) is 1. The summed E-state index contributed by atoms with van der Waals surface area (Å²) in [6.45, 7) is 1.73. The zero-order valence-corrected chi connectivity index (χ0v) is 12.9. The molecule has 0 unspecified atom stereocenters. The number of esters is 1. The van der Waals surface area contributed by atoms with E-state index in [1.54, 1.807) is 6.92 Å². The highest BCUT2D eigenvalue weighted by Crippen LogP contribution is 2.24. The number of halogens is 3. The van der Waals surface area contributed by atoms with Gasteiger partial charge in [0.05, 0.1) is 23.8 Å². The van der Waals surface area contributed by atoms with Crippen LogP contribution >= 0.6 is 15.9 Å². The summed E-state index contributed by atoms with van der Waals surface area (Å²) in [6, 6.07) is 3.57. The van der Waals surface area contributed by atoms with E-state index in [1.807, 2.05) is 0 Å². The number of furan rings is 1. The molecular formula is C14H12BrF2NO3. The van der Waals surface area contributed by atoms with E-state index >= 15 is 0 Å². The molecule has 112 valence electrons. The molecule has 0 aliphatic rings. The van der Waals surface area contributed by atoms with Crippen molar-refractivity contribution < 1.29 is 22.7 Å². The van der Waals surface area contributed by atoms with Crippen molar-refractivity contribution in [2.45, 2.75) is 13.5 Å². The number of benzene rings is 1. The molecule has 1 heterocycles. The molecule has 0 bridgehead atoms. The van der Waals surface area contributed by atoms with E-state index in [-0.39, 0.29) is 16.7 Å². The van der Waals surface area contributed by atoms with Crippen molar-refractivity contribution in [3.05, 3.63) is 51.4 Å². The van der Waals surface area contributed by atoms with Crippen molar-refractivity contribution in [2.75, 3.05) is 12.4 Å². The number of aryl methyl sites for hydroxylation is 1. The molecule has 0 saturated carbocycles. The Bertz CT molecular complexity index is 685. The van der Waals surface area contributed by atoms with Crippen molar-refractivity contribution in [1.29, 1.82) is 0 Å². The normalized spacial score (nSPS) is 10.5. The summed E-state index contributed by atoms with van der Waals surface area (Å²) in [5, 5.41) is 2.71. The fraction of sp³-hybridized carbons (Fsp3) is 0.214. The number of nitrogens with one attached hydrogen (secondary N) is 1. The summed E-state index contributed by atoms with van der Waals surface area (Å²) in [5.41, 5.74) is 0.307. The molecule has 0 atom stereocenters. The van der Waals surface area contributed by atoms with E-state index in [1.165, 1.54) is 13.2 Å². The van der Waals surface area contributed by atoms with Gasteiger partial charge >= 0.3 is 5.97 Å². The van der Waals surface area contributed by atoms with Gasteiger partial charge in [-0.05, 0) is 35.0 Å². The molecule has 0 aliphatic heterocycles. The van der Waals surface area contributed by atoms with Crippen LogP contribution in [-0.2, 0) is 11.3 Å². The highest BCUT2D eigenvalue weighted by atomic mass is 79.9. The Morgan fingerprint density at radius 2 is 2.05 bits per heavy atom. The topological polar surface area (TPSA) is 51.5 Å². The van der Waals surface area contributed by atoms with Gasteiger partial charge in [-0.3, -0.25) is 0 Å². The second-order valence-corrected chi connectivity index (χ2v) is 5.13. The average Bonchev–Trinajstić information content (AvgIpc) is 2.81. The van der Waals surface area contributed by atoms with Gasteiger partial charge in [0, 0.05) is 6.07 Å². The molecule has 2 rings (SSSR count). The minimum absolute atomic E-state index is 0.00405. The molecule has 1 N–H and O–H groups in total. The minimum Gasteiger partial charge on any atom is -0.465 e. The van der Waals surface area contributed by atoms with Crippen LogP contribution in [0.5, 0.6) is 0 Å². The molecule has 21 heavy (non-hydrogen) atoms. The van der Waals surface area contributed by atoms with Gasteiger partial charge in [-0.2, -0.15) is 0 Å². The molecule has 2 aromatic rings. The van der Waals surface area contributed by atoms with Crippen LogP contribution in [0, 0.1) is 18.6 Å². The third-order valence-corrected chi connectivity index (χ3v) is 3.44. The Labute approximate surface area is 128 Å². The number of rotatable bonds is 4. The SMILES string of the molecule is COC(=O)c1cc(CNc2cc(F)c(Br)cc2F)oc1C. The number of hydrogen-bond acceptors (Lipinski definition) is 4. The van der Waals surface area contributed by atoms with Crippen LogP contribution < -0.4 is 5.32 Å². The van der Waals surface area contributed by atoms with Gasteiger partial charge in [0.25, 0.3) is 0 Å². The fourth-order valence-electron chi connectivity index (χ4n) is 1.78. The van der Waals surface area contributed by atoms with E-state index in [4.69, 9.17) is 4.42 Å². The van der Waals surface area contributed by atoms with Crippen LogP contribution in [0.2, 0.25) is 0 Å². The maximum atomic E-state index is 13.6. The predicted octanol–water partition coefficient (Wildman–Crippen LogP) is 4.03. The number of anilines is 1. The van der Waals surface area contributed by atoms with E-state index in [9.17, 15) is 13.6 Å². The van der Waals surface area contributed by atoms with Gasteiger partial charge in [0.15, 0.2) is 0 Å². The van der Waals surface area contributed by atoms with Gasteiger partial charge in [-0.1, -0.05) is 0 Å². The zero-order valence-electron chi connectivity index (χ0n) is 11.3. The lowest BCUT2D eigenvalue weighted by atomic mass is 10.2. The van der Waals surface area contributed by atoms with Crippen molar-refractivity contribution in [3.63, 3.8) is 0 Å². The third kappa shape index (κ3) is 3.41. The summed E-state index contributed by atoms with van der Waals surface area (Å²) in [4.78, 5) is 11.4. The molecular weight excluding hydrogens is 348 g/mol. The van der Waals surface area contributed by atoms with Crippen LogP contribution in [0.15, 0.2) is 27.1 Å². The molecule has 0 aliphatic carbocycles. The van der Waals surface area contributed by atoms with Crippen LogP contribution in [-0.4, -0.2) is 13.1 Å².